The highest BCUT2D eigenvalue weighted by Crippen LogP contribution is 2.33. The molecule has 1 aliphatic heterocycles. The first-order valence-electron chi connectivity index (χ1n) is 16.1. The number of rotatable bonds is 13. The molecule has 10 heteroatoms. The molecule has 2 aliphatic carbocycles. The topological polar surface area (TPSA) is 134 Å². The summed E-state index contributed by atoms with van der Waals surface area (Å²) in [5.74, 6) is -0.922. The van der Waals surface area contributed by atoms with Gasteiger partial charge in [-0.3, -0.25) is 19.2 Å². The van der Waals surface area contributed by atoms with Crippen LogP contribution < -0.4 is 16.0 Å². The van der Waals surface area contributed by atoms with E-state index in [-0.39, 0.29) is 53.8 Å². The van der Waals surface area contributed by atoms with Crippen LogP contribution in [0, 0.1) is 17.8 Å². The molecule has 2 saturated carbocycles. The Balaban J connectivity index is 1.84. The maximum atomic E-state index is 14.3. The van der Waals surface area contributed by atoms with Gasteiger partial charge in [-0.15, -0.1) is 0 Å². The molecule has 10 nitrogen and oxygen atoms in total. The molecule has 1 saturated heterocycles. The Labute approximate surface area is 251 Å². The van der Waals surface area contributed by atoms with Crippen LogP contribution >= 0.6 is 0 Å². The largest absolute Gasteiger partial charge is 0.371 e. The molecular formula is C32H54N4O6. The minimum atomic E-state index is -0.836. The van der Waals surface area contributed by atoms with E-state index in [9.17, 15) is 24.0 Å². The van der Waals surface area contributed by atoms with Crippen molar-refractivity contribution in [3.63, 3.8) is 0 Å². The zero-order chi connectivity index (χ0) is 31.2. The monoisotopic (exact) mass is 590 g/mol. The van der Waals surface area contributed by atoms with Crippen LogP contribution in [0.25, 0.3) is 0 Å². The average molecular weight is 591 g/mol. The molecule has 238 valence electrons. The van der Waals surface area contributed by atoms with Crippen molar-refractivity contribution in [3.05, 3.63) is 0 Å². The van der Waals surface area contributed by atoms with E-state index in [0.717, 1.165) is 51.4 Å². The predicted octanol–water partition coefficient (Wildman–Crippen LogP) is 3.90. The molecule has 1 heterocycles. The molecule has 0 radical (unpaired) electrons. The number of Topliss-reactive ketones (excluding diaryl/α,β-unsaturated/α-hetero) is 2. The molecular weight excluding hydrogens is 536 g/mol. The highest BCUT2D eigenvalue weighted by Gasteiger charge is 2.46. The third kappa shape index (κ3) is 9.51. The lowest BCUT2D eigenvalue weighted by molar-refractivity contribution is -0.142. The van der Waals surface area contributed by atoms with E-state index in [1.807, 2.05) is 41.5 Å². The van der Waals surface area contributed by atoms with E-state index < -0.39 is 35.8 Å². The summed E-state index contributed by atoms with van der Waals surface area (Å²) < 4.78 is 6.22. The summed E-state index contributed by atoms with van der Waals surface area (Å²) in [5, 5.41) is 8.69. The molecule has 0 aromatic carbocycles. The van der Waals surface area contributed by atoms with Crippen molar-refractivity contribution in [3.8, 4) is 0 Å². The van der Waals surface area contributed by atoms with Gasteiger partial charge in [0.1, 0.15) is 12.1 Å². The number of hydrogen-bond donors (Lipinski definition) is 3. The molecule has 5 unspecified atom stereocenters. The molecule has 0 bridgehead atoms. The van der Waals surface area contributed by atoms with Crippen molar-refractivity contribution in [1.29, 1.82) is 0 Å². The molecule has 3 fully saturated rings. The fourth-order valence-corrected chi connectivity index (χ4v) is 6.35. The fourth-order valence-electron chi connectivity index (χ4n) is 6.35. The second-order valence-electron chi connectivity index (χ2n) is 13.9. The number of hydrogen-bond acceptors (Lipinski definition) is 6. The molecule has 0 aromatic heterocycles. The molecule has 3 N–H and O–H groups in total. The standard InChI is InChI=1S/C32H54N4O6/c1-8-12-24(20(4)37)33-29(39)25-17-23(42-32(5,6)7)18-36(25)30(40)27(21-13-10-9-11-14-21)35-31(41)34-26(19(2)3)28(38)22-15-16-22/h19,21-27H,8-18H2,1-7H3,(H,33,39)(H2,34,35,41). The van der Waals surface area contributed by atoms with Crippen LogP contribution in [-0.4, -0.2) is 76.7 Å². The lowest BCUT2D eigenvalue weighted by Crippen LogP contribution is -2.60. The van der Waals surface area contributed by atoms with Crippen molar-refractivity contribution in [1.82, 2.24) is 20.9 Å². The molecule has 5 atom stereocenters. The van der Waals surface area contributed by atoms with Crippen molar-refractivity contribution in [2.24, 2.45) is 17.8 Å². The zero-order valence-corrected chi connectivity index (χ0v) is 26.8. The summed E-state index contributed by atoms with van der Waals surface area (Å²) in [6.45, 7) is 13.3. The third-order valence-electron chi connectivity index (χ3n) is 8.67. The first-order chi connectivity index (χ1) is 19.7. The van der Waals surface area contributed by atoms with Crippen LogP contribution in [-0.2, 0) is 23.9 Å². The fraction of sp³-hybridized carbons (Fsp3) is 0.844. The molecule has 3 rings (SSSR count). The smallest absolute Gasteiger partial charge is 0.316 e. The number of ether oxygens (including phenoxy) is 1. The number of carbonyl (C=O) groups excluding carboxylic acids is 5. The SMILES string of the molecule is CCCC(NC(=O)C1CC(OC(C)(C)C)CN1C(=O)C(NC(=O)NC(C(=O)C1CC1)C(C)C)C1CCCCC1)C(C)=O. The van der Waals surface area contributed by atoms with Gasteiger partial charge in [0.15, 0.2) is 11.6 Å². The maximum Gasteiger partial charge on any atom is 0.316 e. The van der Waals surface area contributed by atoms with Crippen LogP contribution in [0.15, 0.2) is 0 Å². The summed E-state index contributed by atoms with van der Waals surface area (Å²) in [6.07, 6.45) is 7.49. The number of ketones is 2. The number of carbonyl (C=O) groups is 5. The van der Waals surface area contributed by atoms with Crippen LogP contribution in [0.5, 0.6) is 0 Å². The second-order valence-corrected chi connectivity index (χ2v) is 13.9. The van der Waals surface area contributed by atoms with Gasteiger partial charge in [-0.25, -0.2) is 4.79 Å². The normalized spacial score (nSPS) is 23.7. The number of likely N-dealkylation sites (tertiary alicyclic amines) is 1. The van der Waals surface area contributed by atoms with Gasteiger partial charge >= 0.3 is 6.03 Å². The summed E-state index contributed by atoms with van der Waals surface area (Å²) >= 11 is 0. The average Bonchev–Trinajstić information content (AvgIpc) is 3.69. The molecule has 0 aromatic rings. The Morgan fingerprint density at radius 3 is 2.10 bits per heavy atom. The highest BCUT2D eigenvalue weighted by molar-refractivity contribution is 5.96. The van der Waals surface area contributed by atoms with Gasteiger partial charge < -0.3 is 25.6 Å². The third-order valence-corrected chi connectivity index (χ3v) is 8.67. The summed E-state index contributed by atoms with van der Waals surface area (Å²) in [5.41, 5.74) is -0.476. The zero-order valence-electron chi connectivity index (χ0n) is 26.8. The Kier molecular flexibility index (Phi) is 12.0. The van der Waals surface area contributed by atoms with E-state index in [1.54, 1.807) is 4.90 Å². The van der Waals surface area contributed by atoms with Gasteiger partial charge in [-0.1, -0.05) is 46.5 Å². The highest BCUT2D eigenvalue weighted by atomic mass is 16.5. The van der Waals surface area contributed by atoms with Crippen LogP contribution in [0.1, 0.15) is 113 Å². The number of nitrogens with zero attached hydrogens (tertiary/aromatic N) is 1. The van der Waals surface area contributed by atoms with Gasteiger partial charge in [0.2, 0.25) is 11.8 Å². The van der Waals surface area contributed by atoms with Crippen molar-refractivity contribution < 1.29 is 28.7 Å². The number of urea groups is 1. The van der Waals surface area contributed by atoms with E-state index in [2.05, 4.69) is 16.0 Å². The maximum absolute atomic E-state index is 14.3. The Bertz CT molecular complexity index is 982. The second kappa shape index (κ2) is 14.8. The summed E-state index contributed by atoms with van der Waals surface area (Å²) in [4.78, 5) is 67.9. The molecule has 3 aliphatic rings. The lowest BCUT2D eigenvalue weighted by atomic mass is 9.83. The lowest BCUT2D eigenvalue weighted by Gasteiger charge is -2.35. The van der Waals surface area contributed by atoms with E-state index in [4.69, 9.17) is 4.74 Å². The van der Waals surface area contributed by atoms with Crippen molar-refractivity contribution in [2.45, 2.75) is 149 Å². The summed E-state index contributed by atoms with van der Waals surface area (Å²) in [7, 11) is 0. The van der Waals surface area contributed by atoms with E-state index in [1.165, 1.54) is 6.92 Å². The van der Waals surface area contributed by atoms with Gasteiger partial charge in [0, 0.05) is 18.9 Å². The van der Waals surface area contributed by atoms with Crippen molar-refractivity contribution in [2.75, 3.05) is 6.54 Å². The first kappa shape index (κ1) is 34.0. The van der Waals surface area contributed by atoms with Gasteiger partial charge in [-0.2, -0.15) is 0 Å². The Hall–Kier alpha value is -2.49. The van der Waals surface area contributed by atoms with Gasteiger partial charge in [-0.05, 0) is 71.6 Å². The summed E-state index contributed by atoms with van der Waals surface area (Å²) in [6, 6.07) is -3.42. The molecule has 42 heavy (non-hydrogen) atoms. The quantitative estimate of drug-likeness (QED) is 0.298. The van der Waals surface area contributed by atoms with Gasteiger partial charge in [0.25, 0.3) is 0 Å². The number of amides is 4. The van der Waals surface area contributed by atoms with E-state index in [0.29, 0.717) is 12.8 Å². The van der Waals surface area contributed by atoms with E-state index >= 15 is 0 Å². The molecule has 4 amide bonds. The Morgan fingerprint density at radius 2 is 1.57 bits per heavy atom. The Morgan fingerprint density at radius 1 is 0.929 bits per heavy atom. The van der Waals surface area contributed by atoms with Crippen LogP contribution in [0.2, 0.25) is 0 Å². The van der Waals surface area contributed by atoms with Crippen LogP contribution in [0.3, 0.4) is 0 Å². The first-order valence-corrected chi connectivity index (χ1v) is 16.1. The van der Waals surface area contributed by atoms with Crippen molar-refractivity contribution >= 4 is 29.4 Å². The minimum Gasteiger partial charge on any atom is -0.371 e. The minimum absolute atomic E-state index is 0.00336. The number of nitrogens with one attached hydrogen (secondary N) is 3. The van der Waals surface area contributed by atoms with Crippen LogP contribution in [0.4, 0.5) is 4.79 Å². The molecule has 0 spiro atoms. The predicted molar refractivity (Wildman–Crippen MR) is 161 cm³/mol. The van der Waals surface area contributed by atoms with Gasteiger partial charge in [0.05, 0.1) is 23.8 Å².